The number of nitrogens with two attached hydrogens (primary N) is 1. The zero-order valence-electron chi connectivity index (χ0n) is 8.56. The van der Waals surface area contributed by atoms with E-state index in [9.17, 15) is 0 Å². The fourth-order valence-electron chi connectivity index (χ4n) is 1.27. The first kappa shape index (κ1) is 11.5. The molecule has 2 nitrogen and oxygen atoms in total. The quantitative estimate of drug-likeness (QED) is 0.877. The average Bonchev–Trinajstić information content (AvgIpc) is 2.28. The molecule has 0 spiro atoms. The van der Waals surface area contributed by atoms with Crippen LogP contribution in [0.1, 0.15) is 5.69 Å². The Balaban J connectivity index is 1.99. The molecule has 0 bridgehead atoms. The van der Waals surface area contributed by atoms with E-state index in [1.54, 1.807) is 17.8 Å². The van der Waals surface area contributed by atoms with Crippen LogP contribution in [0.25, 0.3) is 0 Å². The van der Waals surface area contributed by atoms with Gasteiger partial charge in [-0.05, 0) is 36.4 Å². The standard InChI is InChI=1S/C12H11BrN2S/c13-9-4-6-11(7-5-9)16-8-10-2-1-3-12(14)15-10/h1-7H,8H2,(H2,14,15). The molecule has 0 aliphatic heterocycles. The lowest BCUT2D eigenvalue weighted by molar-refractivity contribution is 1.18. The maximum absolute atomic E-state index is 5.62. The predicted molar refractivity (Wildman–Crippen MR) is 72.4 cm³/mol. The molecule has 1 aromatic heterocycles. The van der Waals surface area contributed by atoms with Crippen LogP contribution in [-0.2, 0) is 5.75 Å². The Hall–Kier alpha value is -1.00. The van der Waals surface area contributed by atoms with Crippen molar-refractivity contribution < 1.29 is 0 Å². The zero-order valence-corrected chi connectivity index (χ0v) is 11.0. The molecule has 1 aromatic carbocycles. The molecule has 0 amide bonds. The number of hydrogen-bond donors (Lipinski definition) is 1. The summed E-state index contributed by atoms with van der Waals surface area (Å²) in [5, 5.41) is 0. The molecule has 0 fully saturated rings. The van der Waals surface area contributed by atoms with Gasteiger partial charge in [0.25, 0.3) is 0 Å². The summed E-state index contributed by atoms with van der Waals surface area (Å²) in [5.74, 6) is 1.42. The third-order valence-electron chi connectivity index (χ3n) is 2.03. The molecule has 0 saturated carbocycles. The molecule has 0 atom stereocenters. The molecule has 2 rings (SSSR count). The number of rotatable bonds is 3. The highest BCUT2D eigenvalue weighted by Gasteiger charge is 1.98. The topological polar surface area (TPSA) is 38.9 Å². The molecule has 4 heteroatoms. The van der Waals surface area contributed by atoms with E-state index in [1.165, 1.54) is 4.90 Å². The van der Waals surface area contributed by atoms with Gasteiger partial charge in [-0.15, -0.1) is 11.8 Å². The fourth-order valence-corrected chi connectivity index (χ4v) is 2.33. The van der Waals surface area contributed by atoms with Gasteiger partial charge in [-0.2, -0.15) is 0 Å². The first-order valence-corrected chi connectivity index (χ1v) is 6.62. The summed E-state index contributed by atoms with van der Waals surface area (Å²) in [6.45, 7) is 0. The van der Waals surface area contributed by atoms with Gasteiger partial charge < -0.3 is 5.73 Å². The number of benzene rings is 1. The van der Waals surface area contributed by atoms with Crippen LogP contribution in [0.15, 0.2) is 51.8 Å². The van der Waals surface area contributed by atoms with Crippen molar-refractivity contribution in [2.24, 2.45) is 0 Å². The largest absolute Gasteiger partial charge is 0.384 e. The lowest BCUT2D eigenvalue weighted by Crippen LogP contribution is -1.93. The van der Waals surface area contributed by atoms with Crippen molar-refractivity contribution in [1.82, 2.24) is 4.98 Å². The second-order valence-electron chi connectivity index (χ2n) is 3.30. The number of pyridine rings is 1. The summed E-state index contributed by atoms with van der Waals surface area (Å²) in [4.78, 5) is 5.48. The lowest BCUT2D eigenvalue weighted by Gasteiger charge is -2.02. The van der Waals surface area contributed by atoms with E-state index in [0.29, 0.717) is 5.82 Å². The number of halogens is 1. The van der Waals surface area contributed by atoms with Crippen molar-refractivity contribution >= 4 is 33.5 Å². The minimum atomic E-state index is 0.578. The van der Waals surface area contributed by atoms with E-state index in [0.717, 1.165) is 15.9 Å². The molecule has 0 saturated heterocycles. The van der Waals surface area contributed by atoms with E-state index >= 15 is 0 Å². The Morgan fingerprint density at radius 1 is 1.12 bits per heavy atom. The van der Waals surface area contributed by atoms with Crippen LogP contribution >= 0.6 is 27.7 Å². The van der Waals surface area contributed by atoms with E-state index < -0.39 is 0 Å². The predicted octanol–water partition coefficient (Wildman–Crippen LogP) is 3.72. The number of nitrogen functional groups attached to an aromatic ring is 1. The van der Waals surface area contributed by atoms with Crippen molar-refractivity contribution in [2.75, 3.05) is 5.73 Å². The summed E-state index contributed by atoms with van der Waals surface area (Å²) < 4.78 is 1.10. The molecule has 0 aliphatic rings. The molecule has 2 N–H and O–H groups in total. The van der Waals surface area contributed by atoms with Crippen LogP contribution in [0.5, 0.6) is 0 Å². The van der Waals surface area contributed by atoms with Crippen LogP contribution in [-0.4, -0.2) is 4.98 Å². The van der Waals surface area contributed by atoms with Crippen LogP contribution < -0.4 is 5.73 Å². The van der Waals surface area contributed by atoms with Gasteiger partial charge in [0.1, 0.15) is 5.82 Å². The van der Waals surface area contributed by atoms with Gasteiger partial charge in [-0.3, -0.25) is 0 Å². The number of anilines is 1. The van der Waals surface area contributed by atoms with Crippen molar-refractivity contribution in [2.45, 2.75) is 10.6 Å². The van der Waals surface area contributed by atoms with E-state index in [4.69, 9.17) is 5.73 Å². The van der Waals surface area contributed by atoms with Crippen LogP contribution in [0.4, 0.5) is 5.82 Å². The Morgan fingerprint density at radius 3 is 2.56 bits per heavy atom. The van der Waals surface area contributed by atoms with Gasteiger partial charge >= 0.3 is 0 Å². The molecule has 0 unspecified atom stereocenters. The van der Waals surface area contributed by atoms with Gasteiger partial charge in [0.05, 0.1) is 5.69 Å². The van der Waals surface area contributed by atoms with E-state index in [2.05, 4.69) is 33.0 Å². The second kappa shape index (κ2) is 5.37. The molecule has 0 aliphatic carbocycles. The van der Waals surface area contributed by atoms with Gasteiger partial charge in [0.15, 0.2) is 0 Å². The fraction of sp³-hybridized carbons (Fsp3) is 0.0833. The van der Waals surface area contributed by atoms with Gasteiger partial charge in [-0.25, -0.2) is 4.98 Å². The maximum atomic E-state index is 5.62. The number of hydrogen-bond acceptors (Lipinski definition) is 3. The monoisotopic (exact) mass is 294 g/mol. The van der Waals surface area contributed by atoms with Crippen molar-refractivity contribution in [3.05, 3.63) is 52.6 Å². The highest BCUT2D eigenvalue weighted by molar-refractivity contribution is 9.10. The third kappa shape index (κ3) is 3.25. The summed E-state index contributed by atoms with van der Waals surface area (Å²) in [6, 6.07) is 14.0. The number of thioether (sulfide) groups is 1. The van der Waals surface area contributed by atoms with Gasteiger partial charge in [0.2, 0.25) is 0 Å². The van der Waals surface area contributed by atoms with Crippen molar-refractivity contribution in [1.29, 1.82) is 0 Å². The molecular weight excluding hydrogens is 284 g/mol. The van der Waals surface area contributed by atoms with Crippen LogP contribution in [0.3, 0.4) is 0 Å². The minimum absolute atomic E-state index is 0.578. The Morgan fingerprint density at radius 2 is 1.88 bits per heavy atom. The van der Waals surface area contributed by atoms with Crippen molar-refractivity contribution in [3.8, 4) is 0 Å². The average molecular weight is 295 g/mol. The molecule has 82 valence electrons. The third-order valence-corrected chi connectivity index (χ3v) is 3.60. The molecule has 1 heterocycles. The second-order valence-corrected chi connectivity index (χ2v) is 5.26. The Bertz CT molecular complexity index is 471. The summed E-state index contributed by atoms with van der Waals surface area (Å²) in [6.07, 6.45) is 0. The van der Waals surface area contributed by atoms with E-state index in [1.807, 2.05) is 24.3 Å². The van der Waals surface area contributed by atoms with Gasteiger partial charge in [-0.1, -0.05) is 22.0 Å². The van der Waals surface area contributed by atoms with Crippen molar-refractivity contribution in [3.63, 3.8) is 0 Å². The smallest absolute Gasteiger partial charge is 0.123 e. The highest BCUT2D eigenvalue weighted by atomic mass is 79.9. The molecule has 16 heavy (non-hydrogen) atoms. The molecule has 2 aromatic rings. The Kier molecular flexibility index (Phi) is 3.85. The molecule has 0 radical (unpaired) electrons. The number of nitrogens with zero attached hydrogens (tertiary/aromatic N) is 1. The summed E-state index contributed by atoms with van der Waals surface area (Å²) in [7, 11) is 0. The van der Waals surface area contributed by atoms with Crippen LogP contribution in [0, 0.1) is 0 Å². The zero-order chi connectivity index (χ0) is 11.4. The Labute approximate surface area is 107 Å². The number of aromatic nitrogens is 1. The highest BCUT2D eigenvalue weighted by Crippen LogP contribution is 2.23. The van der Waals surface area contributed by atoms with E-state index in [-0.39, 0.29) is 0 Å². The van der Waals surface area contributed by atoms with Gasteiger partial charge in [0, 0.05) is 15.1 Å². The first-order chi connectivity index (χ1) is 7.74. The van der Waals surface area contributed by atoms with Crippen LogP contribution in [0.2, 0.25) is 0 Å². The first-order valence-electron chi connectivity index (χ1n) is 4.84. The normalized spacial score (nSPS) is 10.3. The molecular formula is C12H11BrN2S. The maximum Gasteiger partial charge on any atom is 0.123 e. The summed E-state index contributed by atoms with van der Waals surface area (Å²) >= 11 is 5.16. The summed E-state index contributed by atoms with van der Waals surface area (Å²) in [5.41, 5.74) is 6.63. The minimum Gasteiger partial charge on any atom is -0.384 e. The lowest BCUT2D eigenvalue weighted by atomic mass is 10.4. The SMILES string of the molecule is Nc1cccc(CSc2ccc(Br)cc2)n1.